The maximum absolute atomic E-state index is 12.5. The van der Waals surface area contributed by atoms with E-state index in [0.717, 1.165) is 25.9 Å². The Morgan fingerprint density at radius 1 is 1.15 bits per heavy atom. The van der Waals surface area contributed by atoms with Gasteiger partial charge in [0.05, 0.1) is 12.0 Å². The quantitative estimate of drug-likeness (QED) is 0.808. The van der Waals surface area contributed by atoms with Crippen LogP contribution in [0, 0.1) is 5.92 Å². The minimum atomic E-state index is -0.808. The van der Waals surface area contributed by atoms with E-state index in [-0.39, 0.29) is 11.9 Å². The molecule has 1 amide bonds. The second-order valence-electron chi connectivity index (χ2n) is 5.74. The molecule has 1 fully saturated rings. The Balaban J connectivity index is 2.61. The molecule has 116 valence electrons. The van der Waals surface area contributed by atoms with Crippen LogP contribution in [0.15, 0.2) is 0 Å². The van der Waals surface area contributed by atoms with Crippen molar-refractivity contribution in [2.45, 2.75) is 52.5 Å². The minimum absolute atomic E-state index is 0.145. The Hall–Kier alpha value is -1.10. The molecule has 0 aromatic heterocycles. The van der Waals surface area contributed by atoms with Crippen molar-refractivity contribution >= 4 is 11.9 Å². The standard InChI is InChI=1S/C15H28N2O3/c1-4-16(11-12(2)15(19)20)13(3)14(18)17-9-7-5-6-8-10-17/h12-13H,4-11H2,1-3H3,(H,19,20). The van der Waals surface area contributed by atoms with E-state index < -0.39 is 11.9 Å². The van der Waals surface area contributed by atoms with Gasteiger partial charge in [0, 0.05) is 19.6 Å². The first-order chi connectivity index (χ1) is 9.47. The van der Waals surface area contributed by atoms with Gasteiger partial charge in [0.1, 0.15) is 0 Å². The Kier molecular flexibility index (Phi) is 6.99. The van der Waals surface area contributed by atoms with Gasteiger partial charge in [-0.3, -0.25) is 14.5 Å². The van der Waals surface area contributed by atoms with Crippen LogP contribution in [0.1, 0.15) is 46.5 Å². The fraction of sp³-hybridized carbons (Fsp3) is 0.867. The molecule has 0 saturated carbocycles. The highest BCUT2D eigenvalue weighted by atomic mass is 16.4. The average molecular weight is 284 g/mol. The van der Waals surface area contributed by atoms with E-state index in [1.165, 1.54) is 12.8 Å². The maximum Gasteiger partial charge on any atom is 0.307 e. The largest absolute Gasteiger partial charge is 0.481 e. The minimum Gasteiger partial charge on any atom is -0.481 e. The number of hydrogen-bond donors (Lipinski definition) is 1. The van der Waals surface area contributed by atoms with Crippen LogP contribution in [0.3, 0.4) is 0 Å². The van der Waals surface area contributed by atoms with Gasteiger partial charge in [-0.05, 0) is 26.3 Å². The van der Waals surface area contributed by atoms with Crippen molar-refractivity contribution in [1.29, 1.82) is 0 Å². The number of likely N-dealkylation sites (tertiary alicyclic amines) is 1. The molecule has 1 heterocycles. The molecule has 0 bridgehead atoms. The van der Waals surface area contributed by atoms with Crippen molar-refractivity contribution in [2.24, 2.45) is 5.92 Å². The highest BCUT2D eigenvalue weighted by Gasteiger charge is 2.27. The molecule has 0 aromatic rings. The van der Waals surface area contributed by atoms with E-state index >= 15 is 0 Å². The molecule has 1 rings (SSSR count). The van der Waals surface area contributed by atoms with Crippen molar-refractivity contribution in [1.82, 2.24) is 9.80 Å². The fourth-order valence-electron chi connectivity index (χ4n) is 2.70. The average Bonchev–Trinajstić information content (AvgIpc) is 2.71. The number of carbonyl (C=O) groups is 2. The summed E-state index contributed by atoms with van der Waals surface area (Å²) in [7, 11) is 0. The summed E-state index contributed by atoms with van der Waals surface area (Å²) in [5, 5.41) is 9.01. The molecule has 0 spiro atoms. The fourth-order valence-corrected chi connectivity index (χ4v) is 2.70. The predicted octanol–water partition coefficient (Wildman–Crippen LogP) is 1.82. The number of carboxylic acids is 1. The summed E-state index contributed by atoms with van der Waals surface area (Å²) < 4.78 is 0. The lowest BCUT2D eigenvalue weighted by molar-refractivity contribution is -0.144. The highest BCUT2D eigenvalue weighted by Crippen LogP contribution is 2.14. The van der Waals surface area contributed by atoms with Gasteiger partial charge in [0.2, 0.25) is 5.91 Å². The van der Waals surface area contributed by atoms with Gasteiger partial charge in [-0.25, -0.2) is 0 Å². The Labute approximate surface area is 121 Å². The highest BCUT2D eigenvalue weighted by molar-refractivity contribution is 5.81. The zero-order chi connectivity index (χ0) is 15.1. The number of carboxylic acid groups (broad SMARTS) is 1. The summed E-state index contributed by atoms with van der Waals surface area (Å²) in [4.78, 5) is 27.4. The molecule has 20 heavy (non-hydrogen) atoms. The maximum atomic E-state index is 12.5. The third-order valence-electron chi connectivity index (χ3n) is 4.16. The molecule has 5 nitrogen and oxygen atoms in total. The topological polar surface area (TPSA) is 60.9 Å². The van der Waals surface area contributed by atoms with Gasteiger partial charge in [0.25, 0.3) is 0 Å². The normalized spacial score (nSPS) is 19.5. The van der Waals surface area contributed by atoms with Crippen LogP contribution < -0.4 is 0 Å². The molecule has 0 aromatic carbocycles. The predicted molar refractivity (Wildman–Crippen MR) is 78.6 cm³/mol. The smallest absolute Gasteiger partial charge is 0.307 e. The third kappa shape index (κ3) is 4.78. The van der Waals surface area contributed by atoms with Crippen molar-refractivity contribution in [3.8, 4) is 0 Å². The molecule has 2 atom stereocenters. The number of likely N-dealkylation sites (N-methyl/N-ethyl adjacent to an activating group) is 1. The van der Waals surface area contributed by atoms with E-state index in [2.05, 4.69) is 0 Å². The zero-order valence-electron chi connectivity index (χ0n) is 13.0. The number of rotatable bonds is 6. The third-order valence-corrected chi connectivity index (χ3v) is 4.16. The summed E-state index contributed by atoms with van der Waals surface area (Å²) in [6.07, 6.45) is 4.56. The van der Waals surface area contributed by atoms with Gasteiger partial charge in [-0.1, -0.05) is 26.7 Å². The van der Waals surface area contributed by atoms with Crippen molar-refractivity contribution in [3.05, 3.63) is 0 Å². The summed E-state index contributed by atoms with van der Waals surface area (Å²) in [5.41, 5.74) is 0. The molecule has 1 saturated heterocycles. The van der Waals surface area contributed by atoms with Gasteiger partial charge in [0.15, 0.2) is 0 Å². The monoisotopic (exact) mass is 284 g/mol. The van der Waals surface area contributed by atoms with Gasteiger partial charge in [-0.15, -0.1) is 0 Å². The number of amides is 1. The summed E-state index contributed by atoms with van der Waals surface area (Å²) >= 11 is 0. The van der Waals surface area contributed by atoms with E-state index in [1.54, 1.807) is 6.92 Å². The first kappa shape index (κ1) is 17.0. The van der Waals surface area contributed by atoms with Gasteiger partial charge >= 0.3 is 5.97 Å². The van der Waals surface area contributed by atoms with E-state index in [9.17, 15) is 9.59 Å². The van der Waals surface area contributed by atoms with E-state index in [0.29, 0.717) is 13.1 Å². The molecule has 1 aliphatic heterocycles. The molecule has 0 radical (unpaired) electrons. The van der Waals surface area contributed by atoms with Crippen LogP contribution in [-0.2, 0) is 9.59 Å². The Morgan fingerprint density at radius 2 is 1.70 bits per heavy atom. The Morgan fingerprint density at radius 3 is 2.15 bits per heavy atom. The first-order valence-corrected chi connectivity index (χ1v) is 7.73. The van der Waals surface area contributed by atoms with Crippen LogP contribution in [0.5, 0.6) is 0 Å². The van der Waals surface area contributed by atoms with E-state index in [4.69, 9.17) is 5.11 Å². The second-order valence-corrected chi connectivity index (χ2v) is 5.74. The molecule has 1 N–H and O–H groups in total. The van der Waals surface area contributed by atoms with Crippen LogP contribution >= 0.6 is 0 Å². The van der Waals surface area contributed by atoms with E-state index in [1.807, 2.05) is 23.6 Å². The number of hydrogen-bond acceptors (Lipinski definition) is 3. The summed E-state index contributed by atoms with van der Waals surface area (Å²) in [6, 6.07) is -0.236. The molecular formula is C15H28N2O3. The van der Waals surface area contributed by atoms with Crippen LogP contribution in [0.25, 0.3) is 0 Å². The summed E-state index contributed by atoms with van der Waals surface area (Å²) in [6.45, 7) is 8.36. The van der Waals surface area contributed by atoms with Gasteiger partial charge in [-0.2, -0.15) is 0 Å². The van der Waals surface area contributed by atoms with Crippen LogP contribution in [-0.4, -0.2) is 59.0 Å². The number of nitrogens with zero attached hydrogens (tertiary/aromatic N) is 2. The number of aliphatic carboxylic acids is 1. The van der Waals surface area contributed by atoms with Crippen molar-refractivity contribution in [3.63, 3.8) is 0 Å². The summed E-state index contributed by atoms with van der Waals surface area (Å²) in [5.74, 6) is -1.11. The lowest BCUT2D eigenvalue weighted by Gasteiger charge is -2.32. The van der Waals surface area contributed by atoms with Gasteiger partial charge < -0.3 is 10.0 Å². The number of carbonyl (C=O) groups excluding carboxylic acids is 1. The second kappa shape index (κ2) is 8.25. The van der Waals surface area contributed by atoms with Crippen LogP contribution in [0.4, 0.5) is 0 Å². The molecule has 1 aliphatic rings. The van der Waals surface area contributed by atoms with Crippen molar-refractivity contribution in [2.75, 3.05) is 26.2 Å². The molecule has 5 heteroatoms. The zero-order valence-corrected chi connectivity index (χ0v) is 13.0. The first-order valence-electron chi connectivity index (χ1n) is 7.73. The molecular weight excluding hydrogens is 256 g/mol. The lowest BCUT2D eigenvalue weighted by atomic mass is 10.1. The van der Waals surface area contributed by atoms with Crippen LogP contribution in [0.2, 0.25) is 0 Å². The lowest BCUT2D eigenvalue weighted by Crippen LogP contribution is -2.49. The SMILES string of the molecule is CCN(CC(C)C(=O)O)C(C)C(=O)N1CCCCCC1. The molecule has 2 unspecified atom stereocenters. The Bertz CT molecular complexity index is 325. The van der Waals surface area contributed by atoms with Crippen molar-refractivity contribution < 1.29 is 14.7 Å². The molecule has 0 aliphatic carbocycles.